The normalized spacial score (nSPS) is 11.6. The zero-order valence-electron chi connectivity index (χ0n) is 17.9. The maximum absolute atomic E-state index is 12.4. The van der Waals surface area contributed by atoms with E-state index < -0.39 is 10.0 Å². The summed E-state index contributed by atoms with van der Waals surface area (Å²) in [7, 11) is -3.36. The molecule has 7 nitrogen and oxygen atoms in total. The second-order valence-corrected chi connectivity index (χ2v) is 9.44. The van der Waals surface area contributed by atoms with Gasteiger partial charge in [0.15, 0.2) is 0 Å². The van der Waals surface area contributed by atoms with E-state index in [1.54, 1.807) is 32.9 Å². The largest absolute Gasteiger partial charge is 0.441 e. The van der Waals surface area contributed by atoms with Gasteiger partial charge in [0, 0.05) is 18.2 Å². The second kappa shape index (κ2) is 9.89. The van der Waals surface area contributed by atoms with E-state index in [0.29, 0.717) is 29.5 Å². The van der Waals surface area contributed by atoms with E-state index in [0.717, 1.165) is 11.1 Å². The van der Waals surface area contributed by atoms with Gasteiger partial charge in [-0.25, -0.2) is 18.1 Å². The summed E-state index contributed by atoms with van der Waals surface area (Å²) in [6.07, 6.45) is 0.124. The van der Waals surface area contributed by atoms with E-state index in [9.17, 15) is 13.2 Å². The van der Waals surface area contributed by atoms with Crippen LogP contribution in [-0.4, -0.2) is 25.4 Å². The Morgan fingerprint density at radius 3 is 2.32 bits per heavy atom. The molecule has 1 heterocycles. The molecule has 0 aliphatic carbocycles. The third kappa shape index (κ3) is 6.77. The number of nitrogens with zero attached hydrogens (tertiary/aromatic N) is 1. The van der Waals surface area contributed by atoms with Crippen LogP contribution in [0.25, 0.3) is 11.5 Å². The van der Waals surface area contributed by atoms with Gasteiger partial charge < -0.3 is 9.73 Å². The number of hydrogen-bond donors (Lipinski definition) is 2. The Morgan fingerprint density at radius 1 is 1.03 bits per heavy atom. The number of nitrogens with one attached hydrogen (secondary N) is 2. The molecule has 0 saturated heterocycles. The van der Waals surface area contributed by atoms with E-state index in [1.807, 2.05) is 42.5 Å². The summed E-state index contributed by atoms with van der Waals surface area (Å²) in [5.74, 6) is 0.879. The predicted octanol–water partition coefficient (Wildman–Crippen LogP) is 3.34. The molecule has 0 radical (unpaired) electrons. The number of aromatic nitrogens is 1. The van der Waals surface area contributed by atoms with Crippen LogP contribution in [0.15, 0.2) is 59.0 Å². The Balaban J connectivity index is 1.54. The molecule has 0 atom stereocenters. The van der Waals surface area contributed by atoms with Crippen molar-refractivity contribution in [3.8, 4) is 11.5 Å². The molecule has 2 aromatic carbocycles. The zero-order chi connectivity index (χ0) is 22.4. The molecule has 0 spiro atoms. The zero-order valence-corrected chi connectivity index (χ0v) is 18.7. The fourth-order valence-electron chi connectivity index (χ4n) is 3.09. The quantitative estimate of drug-likeness (QED) is 0.530. The summed E-state index contributed by atoms with van der Waals surface area (Å²) in [6, 6.07) is 16.5. The standard InChI is InChI=1S/C23H27N3O4S/c1-16(2)26-31(28,29)15-19-11-9-18(10-12-19)14-24-22(27)13-21-17(3)30-23(25-21)20-7-5-4-6-8-20/h4-12,16,26H,13-15H2,1-3H3,(H,24,27). The van der Waals surface area contributed by atoms with E-state index in [2.05, 4.69) is 15.0 Å². The van der Waals surface area contributed by atoms with Gasteiger partial charge >= 0.3 is 0 Å². The molecular weight excluding hydrogens is 414 g/mol. The molecule has 0 unspecified atom stereocenters. The minimum absolute atomic E-state index is 0.0764. The summed E-state index contributed by atoms with van der Waals surface area (Å²) < 4.78 is 32.3. The van der Waals surface area contributed by atoms with Gasteiger partial charge in [-0.15, -0.1) is 0 Å². The monoisotopic (exact) mass is 441 g/mol. The van der Waals surface area contributed by atoms with Crippen LogP contribution in [0.4, 0.5) is 0 Å². The van der Waals surface area contributed by atoms with Gasteiger partial charge in [0.1, 0.15) is 5.76 Å². The van der Waals surface area contributed by atoms with Crippen molar-refractivity contribution in [1.82, 2.24) is 15.0 Å². The number of oxazole rings is 1. The highest BCUT2D eigenvalue weighted by molar-refractivity contribution is 7.88. The van der Waals surface area contributed by atoms with Crippen molar-refractivity contribution in [3.05, 3.63) is 77.2 Å². The Bertz CT molecular complexity index is 1120. The lowest BCUT2D eigenvalue weighted by Crippen LogP contribution is -2.31. The lowest BCUT2D eigenvalue weighted by atomic mass is 10.1. The second-order valence-electron chi connectivity index (χ2n) is 7.69. The van der Waals surface area contributed by atoms with E-state index in [-0.39, 0.29) is 24.1 Å². The first-order valence-corrected chi connectivity index (χ1v) is 11.7. The van der Waals surface area contributed by atoms with Crippen LogP contribution in [0, 0.1) is 6.92 Å². The van der Waals surface area contributed by atoms with Crippen molar-refractivity contribution in [3.63, 3.8) is 0 Å². The summed E-state index contributed by atoms with van der Waals surface area (Å²) in [4.78, 5) is 16.8. The minimum atomic E-state index is -3.36. The maximum atomic E-state index is 12.4. The summed E-state index contributed by atoms with van der Waals surface area (Å²) in [6.45, 7) is 5.71. The molecule has 164 valence electrons. The highest BCUT2D eigenvalue weighted by Gasteiger charge is 2.15. The van der Waals surface area contributed by atoms with E-state index >= 15 is 0 Å². The van der Waals surface area contributed by atoms with Gasteiger partial charge in [0.2, 0.25) is 21.8 Å². The topological polar surface area (TPSA) is 101 Å². The Kier molecular flexibility index (Phi) is 7.25. The lowest BCUT2D eigenvalue weighted by molar-refractivity contribution is -0.120. The average molecular weight is 442 g/mol. The van der Waals surface area contributed by atoms with Crippen LogP contribution in [0.2, 0.25) is 0 Å². The van der Waals surface area contributed by atoms with Crippen LogP contribution >= 0.6 is 0 Å². The van der Waals surface area contributed by atoms with Crippen molar-refractivity contribution < 1.29 is 17.6 Å². The number of carbonyl (C=O) groups excluding carboxylic acids is 1. The van der Waals surface area contributed by atoms with Crippen molar-refractivity contribution in [2.24, 2.45) is 0 Å². The summed E-state index contributed by atoms with van der Waals surface area (Å²) in [5, 5.41) is 2.87. The average Bonchev–Trinajstić information content (AvgIpc) is 3.07. The fourth-order valence-corrected chi connectivity index (χ4v) is 4.52. The highest BCUT2D eigenvalue weighted by Crippen LogP contribution is 2.21. The van der Waals surface area contributed by atoms with Crippen LogP contribution in [0.1, 0.15) is 36.4 Å². The number of carbonyl (C=O) groups is 1. The van der Waals surface area contributed by atoms with E-state index in [4.69, 9.17) is 4.42 Å². The first-order valence-electron chi connectivity index (χ1n) is 10.1. The van der Waals surface area contributed by atoms with Crippen molar-refractivity contribution in [2.45, 2.75) is 45.5 Å². The third-order valence-corrected chi connectivity index (χ3v) is 6.07. The van der Waals surface area contributed by atoms with Crippen LogP contribution < -0.4 is 10.0 Å². The lowest BCUT2D eigenvalue weighted by Gasteiger charge is -2.10. The number of rotatable bonds is 9. The molecule has 8 heteroatoms. The number of amides is 1. The van der Waals surface area contributed by atoms with Crippen LogP contribution in [0.5, 0.6) is 0 Å². The number of hydrogen-bond acceptors (Lipinski definition) is 5. The van der Waals surface area contributed by atoms with Gasteiger partial charge in [-0.1, -0.05) is 42.5 Å². The number of sulfonamides is 1. The summed E-state index contributed by atoms with van der Waals surface area (Å²) in [5.41, 5.74) is 3.04. The van der Waals surface area contributed by atoms with Crippen molar-refractivity contribution >= 4 is 15.9 Å². The van der Waals surface area contributed by atoms with Crippen LogP contribution in [0.3, 0.4) is 0 Å². The highest BCUT2D eigenvalue weighted by atomic mass is 32.2. The summed E-state index contributed by atoms with van der Waals surface area (Å²) >= 11 is 0. The molecule has 0 aliphatic heterocycles. The molecular formula is C23H27N3O4S. The molecule has 0 saturated carbocycles. The molecule has 0 fully saturated rings. The van der Waals surface area contributed by atoms with Gasteiger partial charge in [-0.2, -0.15) is 0 Å². The molecule has 3 aromatic rings. The molecule has 3 rings (SSSR count). The SMILES string of the molecule is Cc1oc(-c2ccccc2)nc1CC(=O)NCc1ccc(CS(=O)(=O)NC(C)C)cc1. The maximum Gasteiger partial charge on any atom is 0.226 e. The molecule has 1 amide bonds. The molecule has 1 aromatic heterocycles. The number of aryl methyl sites for hydroxylation is 1. The first kappa shape index (κ1) is 22.7. The molecule has 0 bridgehead atoms. The smallest absolute Gasteiger partial charge is 0.226 e. The minimum Gasteiger partial charge on any atom is -0.441 e. The predicted molar refractivity (Wildman–Crippen MR) is 120 cm³/mol. The van der Waals surface area contributed by atoms with E-state index in [1.165, 1.54) is 0 Å². The Labute approximate surface area is 183 Å². The number of benzene rings is 2. The molecule has 31 heavy (non-hydrogen) atoms. The Morgan fingerprint density at radius 2 is 1.68 bits per heavy atom. The molecule has 2 N–H and O–H groups in total. The third-order valence-electron chi connectivity index (χ3n) is 4.53. The van der Waals surface area contributed by atoms with Gasteiger partial charge in [0.05, 0.1) is 17.9 Å². The van der Waals surface area contributed by atoms with Gasteiger partial charge in [-0.3, -0.25) is 4.79 Å². The molecule has 0 aliphatic rings. The first-order chi connectivity index (χ1) is 14.7. The van der Waals surface area contributed by atoms with Crippen molar-refractivity contribution in [1.29, 1.82) is 0 Å². The van der Waals surface area contributed by atoms with Gasteiger partial charge in [-0.05, 0) is 44.0 Å². The van der Waals surface area contributed by atoms with Crippen molar-refractivity contribution in [2.75, 3.05) is 0 Å². The van der Waals surface area contributed by atoms with Gasteiger partial charge in [0.25, 0.3) is 0 Å². The fraction of sp³-hybridized carbons (Fsp3) is 0.304. The van der Waals surface area contributed by atoms with Crippen LogP contribution in [-0.2, 0) is 33.5 Å². The Hall–Kier alpha value is -2.97.